The summed E-state index contributed by atoms with van der Waals surface area (Å²) in [6.07, 6.45) is 1.04. The van der Waals surface area contributed by atoms with Crippen molar-refractivity contribution < 1.29 is 40.2 Å². The van der Waals surface area contributed by atoms with E-state index in [0.29, 0.717) is 17.9 Å². The number of ether oxygens (including phenoxy) is 1. The molecule has 1 fully saturated rings. The Morgan fingerprint density at radius 2 is 1.24 bits per heavy atom. The normalized spacial score (nSPS) is 32.0. The second-order valence-electron chi connectivity index (χ2n) is 10.9. The summed E-state index contributed by atoms with van der Waals surface area (Å²) >= 11 is 0. The van der Waals surface area contributed by atoms with E-state index in [1.54, 1.807) is 6.92 Å². The summed E-state index contributed by atoms with van der Waals surface area (Å²) in [7, 11) is 0. The summed E-state index contributed by atoms with van der Waals surface area (Å²) < 4.78 is 4.82. The highest BCUT2D eigenvalue weighted by Crippen LogP contribution is 2.32. The Kier molecular flexibility index (Phi) is 13.2. The molecule has 1 aliphatic rings. The Labute approximate surface area is 204 Å². The van der Waals surface area contributed by atoms with Crippen LogP contribution in [-0.4, -0.2) is 72.9 Å². The fourth-order valence-electron chi connectivity index (χ4n) is 4.53. The Balaban J connectivity index is 2.38. The molecule has 8 atom stereocenters. The SMILES string of the molecule is C/C(=C\C(=O)OC1(O)[C@H](O)[C@H](O)C(O)[C@H](O)[C@H]1O)CCC[C@H](C)CCC[C@H](C)CCCC(C)C. The van der Waals surface area contributed by atoms with Crippen molar-refractivity contribution in [2.75, 3.05) is 0 Å². The molecule has 0 aromatic rings. The van der Waals surface area contributed by atoms with Crippen LogP contribution in [0.5, 0.6) is 0 Å². The molecule has 8 nitrogen and oxygen atoms in total. The van der Waals surface area contributed by atoms with Crippen LogP contribution in [0.2, 0.25) is 0 Å². The van der Waals surface area contributed by atoms with E-state index in [2.05, 4.69) is 27.7 Å². The second kappa shape index (κ2) is 14.5. The minimum Gasteiger partial charge on any atom is -0.424 e. The molecule has 0 heterocycles. The lowest BCUT2D eigenvalue weighted by molar-refractivity contribution is -0.346. The molecular weight excluding hydrogens is 440 g/mol. The molecular formula is C26H48O8. The van der Waals surface area contributed by atoms with Gasteiger partial charge in [-0.1, -0.05) is 78.2 Å². The van der Waals surface area contributed by atoms with E-state index in [0.717, 1.165) is 30.8 Å². The van der Waals surface area contributed by atoms with Crippen molar-refractivity contribution in [2.24, 2.45) is 17.8 Å². The summed E-state index contributed by atoms with van der Waals surface area (Å²) in [5, 5.41) is 59.4. The van der Waals surface area contributed by atoms with Crippen LogP contribution in [-0.2, 0) is 9.53 Å². The average molecular weight is 489 g/mol. The molecule has 1 saturated carbocycles. The van der Waals surface area contributed by atoms with Gasteiger partial charge in [0.2, 0.25) is 0 Å². The van der Waals surface area contributed by atoms with Crippen molar-refractivity contribution in [2.45, 2.75) is 129 Å². The number of aliphatic hydroxyl groups is 6. The van der Waals surface area contributed by atoms with Crippen molar-refractivity contribution in [3.8, 4) is 0 Å². The van der Waals surface area contributed by atoms with Crippen LogP contribution in [0.3, 0.4) is 0 Å². The van der Waals surface area contributed by atoms with Crippen molar-refractivity contribution >= 4 is 5.97 Å². The van der Waals surface area contributed by atoms with Crippen LogP contribution in [0, 0.1) is 17.8 Å². The van der Waals surface area contributed by atoms with Crippen LogP contribution in [0.25, 0.3) is 0 Å². The van der Waals surface area contributed by atoms with Crippen LogP contribution < -0.4 is 0 Å². The molecule has 0 amide bonds. The summed E-state index contributed by atoms with van der Waals surface area (Å²) in [6.45, 7) is 10.9. The Hall–Kier alpha value is -1.03. The summed E-state index contributed by atoms with van der Waals surface area (Å²) in [4.78, 5) is 12.2. The van der Waals surface area contributed by atoms with Crippen molar-refractivity contribution in [3.05, 3.63) is 11.6 Å². The number of rotatable bonds is 14. The smallest absolute Gasteiger partial charge is 0.333 e. The van der Waals surface area contributed by atoms with Crippen molar-refractivity contribution in [3.63, 3.8) is 0 Å². The first kappa shape index (κ1) is 31.0. The van der Waals surface area contributed by atoms with Gasteiger partial charge < -0.3 is 35.4 Å². The van der Waals surface area contributed by atoms with Gasteiger partial charge in [-0.3, -0.25) is 0 Å². The van der Waals surface area contributed by atoms with Gasteiger partial charge in [-0.15, -0.1) is 0 Å². The van der Waals surface area contributed by atoms with E-state index in [1.165, 1.54) is 38.5 Å². The molecule has 0 aromatic heterocycles. The quantitative estimate of drug-likeness (QED) is 0.124. The van der Waals surface area contributed by atoms with Crippen LogP contribution in [0.15, 0.2) is 11.6 Å². The van der Waals surface area contributed by atoms with Gasteiger partial charge >= 0.3 is 5.97 Å². The minimum atomic E-state index is -2.94. The Morgan fingerprint density at radius 1 is 0.794 bits per heavy atom. The minimum absolute atomic E-state index is 0.588. The lowest BCUT2D eigenvalue weighted by Crippen LogP contribution is -2.72. The van der Waals surface area contributed by atoms with E-state index >= 15 is 0 Å². The molecule has 0 aliphatic heterocycles. The summed E-state index contributed by atoms with van der Waals surface area (Å²) in [6, 6.07) is 0. The van der Waals surface area contributed by atoms with Gasteiger partial charge in [0, 0.05) is 6.08 Å². The maximum Gasteiger partial charge on any atom is 0.333 e. The molecule has 0 spiro atoms. The zero-order valence-electron chi connectivity index (χ0n) is 21.6. The monoisotopic (exact) mass is 488 g/mol. The van der Waals surface area contributed by atoms with Crippen molar-refractivity contribution in [1.82, 2.24) is 0 Å². The molecule has 0 radical (unpaired) electrons. The van der Waals surface area contributed by atoms with Gasteiger partial charge in [0.15, 0.2) is 12.2 Å². The van der Waals surface area contributed by atoms with E-state index in [1.807, 2.05) is 0 Å². The van der Waals surface area contributed by atoms with E-state index in [-0.39, 0.29) is 0 Å². The van der Waals surface area contributed by atoms with Gasteiger partial charge in [0.05, 0.1) is 0 Å². The molecule has 1 rings (SSSR count). The third-order valence-corrected chi connectivity index (χ3v) is 6.96. The predicted octanol–water partition coefficient (Wildman–Crippen LogP) is 2.42. The first-order chi connectivity index (χ1) is 15.8. The first-order valence-corrected chi connectivity index (χ1v) is 12.8. The van der Waals surface area contributed by atoms with Crippen LogP contribution >= 0.6 is 0 Å². The Morgan fingerprint density at radius 3 is 1.71 bits per heavy atom. The molecule has 200 valence electrons. The average Bonchev–Trinajstić information content (AvgIpc) is 2.75. The topological polar surface area (TPSA) is 148 Å². The molecule has 1 aliphatic carbocycles. The first-order valence-electron chi connectivity index (χ1n) is 12.8. The zero-order chi connectivity index (χ0) is 26.1. The van der Waals surface area contributed by atoms with E-state index in [9.17, 15) is 35.4 Å². The molecule has 0 saturated heterocycles. The number of allylic oxidation sites excluding steroid dienone is 1. The fraction of sp³-hybridized carbons (Fsp3) is 0.885. The van der Waals surface area contributed by atoms with Crippen LogP contribution in [0.4, 0.5) is 0 Å². The van der Waals surface area contributed by atoms with Crippen molar-refractivity contribution in [1.29, 1.82) is 0 Å². The highest BCUT2D eigenvalue weighted by Gasteiger charge is 2.60. The second-order valence-corrected chi connectivity index (χ2v) is 10.9. The molecule has 8 heteroatoms. The number of hydrogen-bond acceptors (Lipinski definition) is 8. The summed E-state index contributed by atoms with van der Waals surface area (Å²) in [5.74, 6) is -1.83. The van der Waals surface area contributed by atoms with Gasteiger partial charge in [-0.2, -0.15) is 0 Å². The van der Waals surface area contributed by atoms with Gasteiger partial charge in [0.25, 0.3) is 5.79 Å². The van der Waals surface area contributed by atoms with Crippen LogP contribution in [0.1, 0.15) is 92.4 Å². The summed E-state index contributed by atoms with van der Waals surface area (Å²) in [5.41, 5.74) is 0.709. The van der Waals surface area contributed by atoms with E-state index in [4.69, 9.17) is 4.74 Å². The number of carbonyl (C=O) groups excluding carboxylic acids is 1. The number of aliphatic hydroxyl groups excluding tert-OH is 5. The standard InChI is InChI=1S/C26H48O8/c1-16(2)9-6-10-17(3)11-7-12-18(4)13-8-14-19(5)15-20(27)34-26(33)24(31)22(29)21(28)23(30)25(26)32/h15-18,21-25,28-33H,6-14H2,1-5H3/b19-15+/t17-,18-,21?,22-,23+,24-,25-,26?/m1/s1. The lowest BCUT2D eigenvalue weighted by Gasteiger charge is -2.46. The number of esters is 1. The largest absolute Gasteiger partial charge is 0.424 e. The highest BCUT2D eigenvalue weighted by molar-refractivity contribution is 5.83. The maximum atomic E-state index is 12.2. The number of hydrogen-bond donors (Lipinski definition) is 6. The Bertz CT molecular complexity index is 618. The van der Waals surface area contributed by atoms with Gasteiger partial charge in [0.1, 0.15) is 18.3 Å². The lowest BCUT2D eigenvalue weighted by atomic mass is 9.82. The molecule has 2 unspecified atom stereocenters. The molecule has 0 bridgehead atoms. The molecule has 34 heavy (non-hydrogen) atoms. The fourth-order valence-corrected chi connectivity index (χ4v) is 4.53. The van der Waals surface area contributed by atoms with Gasteiger partial charge in [-0.05, 0) is 37.5 Å². The zero-order valence-corrected chi connectivity index (χ0v) is 21.6. The number of carbonyl (C=O) groups is 1. The molecule has 6 N–H and O–H groups in total. The third kappa shape index (κ3) is 9.55. The predicted molar refractivity (Wildman–Crippen MR) is 130 cm³/mol. The van der Waals surface area contributed by atoms with E-state index < -0.39 is 42.3 Å². The maximum absolute atomic E-state index is 12.2. The highest BCUT2D eigenvalue weighted by atomic mass is 16.7. The van der Waals surface area contributed by atoms with Gasteiger partial charge in [-0.25, -0.2) is 4.79 Å². The third-order valence-electron chi connectivity index (χ3n) is 6.96. The molecule has 0 aromatic carbocycles.